The van der Waals surface area contributed by atoms with Crippen molar-refractivity contribution in [2.45, 2.75) is 50.5 Å². The van der Waals surface area contributed by atoms with Crippen molar-refractivity contribution in [3.05, 3.63) is 29.3 Å². The first kappa shape index (κ1) is 15.9. The van der Waals surface area contributed by atoms with E-state index in [0.717, 1.165) is 19.0 Å². The zero-order valence-electron chi connectivity index (χ0n) is 14.7. The standard InChI is InChI=1S/C20H28N2O2/c1-24-20(23)8-12-22-11-7-15-13-19(22)18-14-16(5-6-17(15)18)21-9-3-2-4-10-21/h5-6,14-15,19H,2-4,7-13H2,1H3. The van der Waals surface area contributed by atoms with Crippen LogP contribution in [0.15, 0.2) is 18.2 Å². The monoisotopic (exact) mass is 328 g/mol. The molecule has 24 heavy (non-hydrogen) atoms. The van der Waals surface area contributed by atoms with Crippen molar-refractivity contribution in [2.24, 2.45) is 0 Å². The van der Waals surface area contributed by atoms with Gasteiger partial charge in [0.25, 0.3) is 0 Å². The number of esters is 1. The lowest BCUT2D eigenvalue weighted by Crippen LogP contribution is -2.34. The Morgan fingerprint density at radius 3 is 2.79 bits per heavy atom. The van der Waals surface area contributed by atoms with E-state index in [9.17, 15) is 4.79 Å². The molecule has 4 nitrogen and oxygen atoms in total. The van der Waals surface area contributed by atoms with Crippen molar-refractivity contribution in [3.8, 4) is 0 Å². The Morgan fingerprint density at radius 1 is 1.17 bits per heavy atom. The summed E-state index contributed by atoms with van der Waals surface area (Å²) in [5, 5.41) is 0. The second-order valence-electron chi connectivity index (χ2n) is 7.46. The predicted molar refractivity (Wildman–Crippen MR) is 95.4 cm³/mol. The lowest BCUT2D eigenvalue weighted by Gasteiger charge is -2.34. The van der Waals surface area contributed by atoms with Gasteiger partial charge in [-0.15, -0.1) is 0 Å². The second kappa shape index (κ2) is 6.75. The average Bonchev–Trinajstić information content (AvgIpc) is 2.94. The Labute approximate surface area is 144 Å². The Hall–Kier alpha value is -1.55. The lowest BCUT2D eigenvalue weighted by atomic mass is 9.95. The van der Waals surface area contributed by atoms with Crippen molar-refractivity contribution in [3.63, 3.8) is 0 Å². The normalized spacial score (nSPS) is 26.3. The number of hydrogen-bond donors (Lipinski definition) is 0. The Bertz CT molecular complexity index is 610. The molecule has 1 aliphatic carbocycles. The van der Waals surface area contributed by atoms with Gasteiger partial charge in [-0.05, 0) is 67.8 Å². The Morgan fingerprint density at radius 2 is 2.00 bits per heavy atom. The number of anilines is 1. The number of carbonyl (C=O) groups is 1. The van der Waals surface area contributed by atoms with E-state index in [1.807, 2.05) is 0 Å². The minimum absolute atomic E-state index is 0.0996. The van der Waals surface area contributed by atoms with E-state index in [1.165, 1.54) is 63.6 Å². The van der Waals surface area contributed by atoms with Gasteiger partial charge in [0.15, 0.2) is 0 Å². The predicted octanol–water partition coefficient (Wildman–Crippen LogP) is 3.47. The molecule has 0 radical (unpaired) electrons. The molecule has 2 aliphatic heterocycles. The summed E-state index contributed by atoms with van der Waals surface area (Å²) in [7, 11) is 1.48. The molecule has 0 aromatic heterocycles. The van der Waals surface area contributed by atoms with Gasteiger partial charge in [-0.1, -0.05) is 6.07 Å². The van der Waals surface area contributed by atoms with Gasteiger partial charge in [-0.2, -0.15) is 0 Å². The minimum atomic E-state index is -0.0996. The third-order valence-electron chi connectivity index (χ3n) is 6.13. The Balaban J connectivity index is 1.54. The van der Waals surface area contributed by atoms with Gasteiger partial charge in [-0.3, -0.25) is 9.69 Å². The zero-order valence-corrected chi connectivity index (χ0v) is 14.7. The van der Waals surface area contributed by atoms with E-state index in [-0.39, 0.29) is 5.97 Å². The van der Waals surface area contributed by atoms with E-state index >= 15 is 0 Å². The van der Waals surface area contributed by atoms with Gasteiger partial charge in [-0.25, -0.2) is 0 Å². The molecule has 0 spiro atoms. The molecule has 130 valence electrons. The van der Waals surface area contributed by atoms with E-state index < -0.39 is 0 Å². The van der Waals surface area contributed by atoms with Gasteiger partial charge in [0.2, 0.25) is 0 Å². The van der Waals surface area contributed by atoms with Crippen LogP contribution in [0.25, 0.3) is 0 Å². The SMILES string of the molecule is COC(=O)CCN1CCC2CC1c1cc(N3CCCCC3)ccc12. The van der Waals surface area contributed by atoms with Crippen LogP contribution >= 0.6 is 0 Å². The summed E-state index contributed by atoms with van der Waals surface area (Å²) >= 11 is 0. The summed E-state index contributed by atoms with van der Waals surface area (Å²) in [5.74, 6) is 0.618. The molecule has 2 bridgehead atoms. The fourth-order valence-electron chi connectivity index (χ4n) is 4.80. The highest BCUT2D eigenvalue weighted by Gasteiger charge is 2.39. The maximum atomic E-state index is 11.5. The number of methoxy groups -OCH3 is 1. The molecule has 2 heterocycles. The summed E-state index contributed by atoms with van der Waals surface area (Å²) in [6, 6.07) is 7.66. The highest BCUT2D eigenvalue weighted by atomic mass is 16.5. The van der Waals surface area contributed by atoms with Crippen molar-refractivity contribution >= 4 is 11.7 Å². The number of ether oxygens (including phenoxy) is 1. The van der Waals surface area contributed by atoms with Crippen LogP contribution in [0.1, 0.15) is 61.6 Å². The minimum Gasteiger partial charge on any atom is -0.469 e. The third-order valence-corrected chi connectivity index (χ3v) is 6.13. The molecule has 0 N–H and O–H groups in total. The average molecular weight is 328 g/mol. The molecule has 0 amide bonds. The van der Waals surface area contributed by atoms with Gasteiger partial charge >= 0.3 is 5.97 Å². The van der Waals surface area contributed by atoms with Gasteiger partial charge in [0.1, 0.15) is 0 Å². The smallest absolute Gasteiger partial charge is 0.306 e. The molecule has 4 rings (SSSR count). The number of carbonyl (C=O) groups excluding carboxylic acids is 1. The van der Waals surface area contributed by atoms with Crippen LogP contribution in [0.2, 0.25) is 0 Å². The number of nitrogens with zero attached hydrogens (tertiary/aromatic N) is 2. The number of piperidine rings is 2. The van der Waals surface area contributed by atoms with E-state index in [1.54, 1.807) is 5.56 Å². The summed E-state index contributed by atoms with van der Waals surface area (Å²) in [6.45, 7) is 4.30. The zero-order chi connectivity index (χ0) is 16.5. The highest BCUT2D eigenvalue weighted by molar-refractivity contribution is 5.69. The molecular formula is C20H28N2O2. The molecule has 3 aliphatic rings. The fourth-order valence-corrected chi connectivity index (χ4v) is 4.80. The van der Waals surface area contributed by atoms with E-state index in [2.05, 4.69) is 28.0 Å². The number of fused-ring (bicyclic) bond motifs is 5. The van der Waals surface area contributed by atoms with Gasteiger partial charge < -0.3 is 9.64 Å². The van der Waals surface area contributed by atoms with Crippen LogP contribution < -0.4 is 4.90 Å². The topological polar surface area (TPSA) is 32.8 Å². The number of likely N-dealkylation sites (tertiary alicyclic amines) is 1. The van der Waals surface area contributed by atoms with Crippen LogP contribution in [0.4, 0.5) is 5.69 Å². The van der Waals surface area contributed by atoms with Crippen molar-refractivity contribution in [1.29, 1.82) is 0 Å². The second-order valence-corrected chi connectivity index (χ2v) is 7.46. The molecule has 4 heteroatoms. The van der Waals surface area contributed by atoms with Crippen molar-refractivity contribution in [2.75, 3.05) is 38.2 Å². The molecule has 1 aromatic rings. The molecule has 2 unspecified atom stereocenters. The van der Waals surface area contributed by atoms with Crippen LogP contribution in [0, 0.1) is 0 Å². The van der Waals surface area contributed by atoms with Crippen LogP contribution in [-0.2, 0) is 9.53 Å². The summed E-state index contributed by atoms with van der Waals surface area (Å²) in [4.78, 5) is 16.6. The highest BCUT2D eigenvalue weighted by Crippen LogP contribution is 2.49. The first-order valence-electron chi connectivity index (χ1n) is 9.46. The quantitative estimate of drug-likeness (QED) is 0.792. The lowest BCUT2D eigenvalue weighted by molar-refractivity contribution is -0.141. The molecule has 2 saturated heterocycles. The summed E-state index contributed by atoms with van der Waals surface area (Å²) in [6.07, 6.45) is 6.93. The number of benzene rings is 1. The maximum absolute atomic E-state index is 11.5. The molecule has 0 saturated carbocycles. The number of hydrogen-bond acceptors (Lipinski definition) is 4. The van der Waals surface area contributed by atoms with E-state index in [0.29, 0.717) is 12.5 Å². The molecule has 2 fully saturated rings. The fraction of sp³-hybridized carbons (Fsp3) is 0.650. The summed E-state index contributed by atoms with van der Waals surface area (Å²) < 4.78 is 4.82. The van der Waals surface area contributed by atoms with Crippen molar-refractivity contribution < 1.29 is 9.53 Å². The van der Waals surface area contributed by atoms with Gasteiger partial charge in [0, 0.05) is 31.4 Å². The first-order valence-corrected chi connectivity index (χ1v) is 9.46. The van der Waals surface area contributed by atoms with Crippen LogP contribution in [0.3, 0.4) is 0 Å². The molecular weight excluding hydrogens is 300 g/mol. The maximum Gasteiger partial charge on any atom is 0.306 e. The first-order chi connectivity index (χ1) is 11.8. The van der Waals surface area contributed by atoms with Crippen molar-refractivity contribution in [1.82, 2.24) is 4.90 Å². The third kappa shape index (κ3) is 2.92. The molecule has 2 atom stereocenters. The van der Waals surface area contributed by atoms with Crippen LogP contribution in [0.5, 0.6) is 0 Å². The van der Waals surface area contributed by atoms with Crippen LogP contribution in [-0.4, -0.2) is 44.2 Å². The van der Waals surface area contributed by atoms with Gasteiger partial charge in [0.05, 0.1) is 13.5 Å². The summed E-state index contributed by atoms with van der Waals surface area (Å²) in [5.41, 5.74) is 4.47. The number of rotatable bonds is 4. The Kier molecular flexibility index (Phi) is 4.49. The van der Waals surface area contributed by atoms with E-state index in [4.69, 9.17) is 4.74 Å². The largest absolute Gasteiger partial charge is 0.469 e. The molecule has 1 aromatic carbocycles.